The highest BCUT2D eigenvalue weighted by atomic mass is 16.3. The molecular weight excluding hydrogens is 635 g/mol. The number of nitrogens with zero attached hydrogens (tertiary/aromatic N) is 3. The van der Waals surface area contributed by atoms with Crippen LogP contribution in [0, 0.1) is 0 Å². The van der Waals surface area contributed by atoms with Crippen molar-refractivity contribution in [2.24, 2.45) is 0 Å². The van der Waals surface area contributed by atoms with Crippen molar-refractivity contribution in [1.82, 2.24) is 9.97 Å². The third-order valence-electron chi connectivity index (χ3n) is 9.85. The summed E-state index contributed by atoms with van der Waals surface area (Å²) < 4.78 is 6.98. The molecule has 10 aromatic rings. The zero-order chi connectivity index (χ0) is 34.4. The molecule has 2 heterocycles. The Hall–Kier alpha value is -7.04. The van der Waals surface area contributed by atoms with Gasteiger partial charge in [0.2, 0.25) is 0 Å². The van der Waals surface area contributed by atoms with Gasteiger partial charge in [0, 0.05) is 49.3 Å². The number of hydrogen-bond acceptors (Lipinski definition) is 4. The number of anilines is 3. The number of fused-ring (bicyclic) bond motifs is 6. The Morgan fingerprint density at radius 2 is 0.962 bits per heavy atom. The monoisotopic (exact) mass is 665 g/mol. The van der Waals surface area contributed by atoms with Crippen molar-refractivity contribution in [2.45, 2.75) is 0 Å². The van der Waals surface area contributed by atoms with Gasteiger partial charge in [0.25, 0.3) is 0 Å². The topological polar surface area (TPSA) is 42.2 Å². The van der Waals surface area contributed by atoms with Gasteiger partial charge < -0.3 is 9.32 Å². The van der Waals surface area contributed by atoms with Crippen molar-refractivity contribution < 1.29 is 4.42 Å². The molecule has 0 aliphatic heterocycles. The Balaban J connectivity index is 1.25. The van der Waals surface area contributed by atoms with E-state index in [-0.39, 0.29) is 0 Å². The molecule has 52 heavy (non-hydrogen) atoms. The van der Waals surface area contributed by atoms with Gasteiger partial charge in [-0.3, -0.25) is 0 Å². The zero-order valence-electron chi connectivity index (χ0n) is 28.1. The fraction of sp³-hybridized carbons (Fsp3) is 0. The molecule has 8 aromatic carbocycles. The predicted octanol–water partition coefficient (Wildman–Crippen LogP) is 13.2. The number of hydrogen-bond donors (Lipinski definition) is 0. The first kappa shape index (κ1) is 29.8. The fourth-order valence-electron chi connectivity index (χ4n) is 7.43. The second-order valence-corrected chi connectivity index (χ2v) is 13.0. The number of aromatic nitrogens is 2. The summed E-state index contributed by atoms with van der Waals surface area (Å²) >= 11 is 0. The minimum Gasteiger partial charge on any atom is -0.455 e. The Kier molecular flexibility index (Phi) is 7.10. The van der Waals surface area contributed by atoms with E-state index in [1.54, 1.807) is 0 Å². The Labute approximate surface area is 300 Å². The lowest BCUT2D eigenvalue weighted by molar-refractivity contribution is 0.673. The summed E-state index contributed by atoms with van der Waals surface area (Å²) in [5, 5.41) is 6.62. The lowest BCUT2D eigenvalue weighted by Crippen LogP contribution is -2.11. The maximum Gasteiger partial charge on any atom is 0.160 e. The molecule has 10 rings (SSSR count). The van der Waals surface area contributed by atoms with Gasteiger partial charge in [-0.2, -0.15) is 0 Å². The van der Waals surface area contributed by atoms with E-state index in [9.17, 15) is 0 Å². The van der Waals surface area contributed by atoms with Crippen LogP contribution in [0.15, 0.2) is 192 Å². The van der Waals surface area contributed by atoms with Gasteiger partial charge in [0.05, 0.1) is 22.8 Å². The van der Waals surface area contributed by atoms with Gasteiger partial charge in [-0.05, 0) is 41.8 Å². The van der Waals surface area contributed by atoms with Crippen molar-refractivity contribution in [1.29, 1.82) is 0 Å². The van der Waals surface area contributed by atoms with Crippen LogP contribution in [0.5, 0.6) is 0 Å². The molecule has 0 amide bonds. The molecule has 0 aliphatic carbocycles. The van der Waals surface area contributed by atoms with Crippen LogP contribution in [0.2, 0.25) is 0 Å². The molecule has 0 unspecified atom stereocenters. The standard InChI is InChI=1S/C48H31N3O/c1-4-17-33(18-5-1)42-31-43(50-48(49-42)34-19-6-2-7-20-34)40-28-15-27-39-41-30-45(37-25-12-13-26-38(37)47(41)52-46(39)40)51(35-22-8-3-9-23-35)44-29-14-21-32-16-10-11-24-36(32)44/h1-31H. The third kappa shape index (κ3) is 5.00. The molecule has 2 aromatic heterocycles. The molecule has 0 atom stereocenters. The van der Waals surface area contributed by atoms with Gasteiger partial charge in [-0.15, -0.1) is 0 Å². The number of rotatable bonds is 6. The average Bonchev–Trinajstić information content (AvgIpc) is 3.61. The van der Waals surface area contributed by atoms with Crippen molar-refractivity contribution >= 4 is 60.5 Å². The van der Waals surface area contributed by atoms with E-state index in [1.165, 1.54) is 10.8 Å². The molecule has 4 heteroatoms. The van der Waals surface area contributed by atoms with E-state index in [2.05, 4.69) is 157 Å². The highest BCUT2D eigenvalue weighted by Gasteiger charge is 2.23. The molecule has 0 aliphatic rings. The maximum absolute atomic E-state index is 6.98. The number of benzene rings is 8. The van der Waals surface area contributed by atoms with Gasteiger partial charge >= 0.3 is 0 Å². The average molecular weight is 666 g/mol. The first-order valence-corrected chi connectivity index (χ1v) is 17.5. The van der Waals surface area contributed by atoms with Crippen LogP contribution in [0.3, 0.4) is 0 Å². The molecule has 0 radical (unpaired) electrons. The van der Waals surface area contributed by atoms with E-state index in [4.69, 9.17) is 14.4 Å². The van der Waals surface area contributed by atoms with Crippen molar-refractivity contribution in [3.8, 4) is 33.9 Å². The molecule has 0 saturated carbocycles. The Bertz CT molecular complexity index is 2840. The fourth-order valence-corrected chi connectivity index (χ4v) is 7.43. The summed E-state index contributed by atoms with van der Waals surface area (Å²) in [5.41, 5.74) is 9.52. The van der Waals surface area contributed by atoms with Crippen molar-refractivity contribution in [3.05, 3.63) is 188 Å². The highest BCUT2D eigenvalue weighted by Crippen LogP contribution is 2.47. The summed E-state index contributed by atoms with van der Waals surface area (Å²) in [6.45, 7) is 0. The molecule has 0 spiro atoms. The highest BCUT2D eigenvalue weighted by molar-refractivity contribution is 6.21. The van der Waals surface area contributed by atoms with E-state index in [0.29, 0.717) is 5.82 Å². The van der Waals surface area contributed by atoms with E-state index in [0.717, 1.165) is 77.9 Å². The van der Waals surface area contributed by atoms with Crippen LogP contribution in [0.25, 0.3) is 77.4 Å². The number of furan rings is 1. The van der Waals surface area contributed by atoms with Crippen LogP contribution in [0.1, 0.15) is 0 Å². The van der Waals surface area contributed by atoms with E-state index in [1.807, 2.05) is 36.4 Å². The molecule has 0 saturated heterocycles. The lowest BCUT2D eigenvalue weighted by atomic mass is 10.00. The van der Waals surface area contributed by atoms with Gasteiger partial charge in [0.1, 0.15) is 11.2 Å². The third-order valence-corrected chi connectivity index (χ3v) is 9.85. The van der Waals surface area contributed by atoms with Crippen molar-refractivity contribution in [3.63, 3.8) is 0 Å². The van der Waals surface area contributed by atoms with E-state index < -0.39 is 0 Å². The van der Waals surface area contributed by atoms with Crippen LogP contribution in [0.4, 0.5) is 17.1 Å². The first-order chi connectivity index (χ1) is 25.8. The van der Waals surface area contributed by atoms with Gasteiger partial charge in [-0.25, -0.2) is 9.97 Å². The van der Waals surface area contributed by atoms with Crippen molar-refractivity contribution in [2.75, 3.05) is 4.90 Å². The second kappa shape index (κ2) is 12.4. The summed E-state index contributed by atoms with van der Waals surface area (Å²) in [6.07, 6.45) is 0. The lowest BCUT2D eigenvalue weighted by Gasteiger charge is -2.28. The summed E-state index contributed by atoms with van der Waals surface area (Å²) in [4.78, 5) is 12.6. The minimum absolute atomic E-state index is 0.673. The molecule has 4 nitrogen and oxygen atoms in total. The number of para-hydroxylation sites is 2. The van der Waals surface area contributed by atoms with Crippen LogP contribution >= 0.6 is 0 Å². The Morgan fingerprint density at radius 3 is 1.75 bits per heavy atom. The minimum atomic E-state index is 0.673. The second-order valence-electron chi connectivity index (χ2n) is 13.0. The maximum atomic E-state index is 6.98. The summed E-state index contributed by atoms with van der Waals surface area (Å²) in [6, 6.07) is 65.5. The SMILES string of the molecule is c1ccc(-c2cc(-c3cccc4c3oc3c5ccccc5c(N(c5ccccc5)c5cccc6ccccc56)cc43)nc(-c3ccccc3)n2)cc1. The summed E-state index contributed by atoms with van der Waals surface area (Å²) in [7, 11) is 0. The molecule has 0 fully saturated rings. The van der Waals surface area contributed by atoms with Crippen LogP contribution in [-0.2, 0) is 0 Å². The predicted molar refractivity (Wildman–Crippen MR) is 215 cm³/mol. The first-order valence-electron chi connectivity index (χ1n) is 17.5. The normalized spacial score (nSPS) is 11.5. The molecule has 0 bridgehead atoms. The quantitative estimate of drug-likeness (QED) is 0.177. The smallest absolute Gasteiger partial charge is 0.160 e. The van der Waals surface area contributed by atoms with Gasteiger partial charge in [0.15, 0.2) is 5.82 Å². The van der Waals surface area contributed by atoms with Crippen LogP contribution < -0.4 is 4.90 Å². The van der Waals surface area contributed by atoms with E-state index >= 15 is 0 Å². The molecule has 0 N–H and O–H groups in total. The van der Waals surface area contributed by atoms with Gasteiger partial charge in [-0.1, -0.05) is 152 Å². The largest absolute Gasteiger partial charge is 0.455 e. The summed E-state index contributed by atoms with van der Waals surface area (Å²) in [5.74, 6) is 0.673. The zero-order valence-corrected chi connectivity index (χ0v) is 28.1. The molecular formula is C48H31N3O. The Morgan fingerprint density at radius 1 is 0.385 bits per heavy atom. The molecule has 244 valence electrons. The van der Waals surface area contributed by atoms with Crippen LogP contribution in [-0.4, -0.2) is 9.97 Å².